The average Bonchev–Trinajstić information content (AvgIpc) is 2.70. The maximum absolute atomic E-state index is 12.3. The van der Waals surface area contributed by atoms with Crippen molar-refractivity contribution in [1.29, 1.82) is 0 Å². The van der Waals surface area contributed by atoms with Crippen LogP contribution in [0.1, 0.15) is 26.4 Å². The van der Waals surface area contributed by atoms with E-state index >= 15 is 0 Å². The average molecular weight is 339 g/mol. The molecule has 0 spiro atoms. The van der Waals surface area contributed by atoms with E-state index in [1.807, 2.05) is 38.1 Å². The molecule has 1 aromatic heterocycles. The van der Waals surface area contributed by atoms with E-state index < -0.39 is 0 Å². The number of carbonyl (C=O) groups is 1. The summed E-state index contributed by atoms with van der Waals surface area (Å²) in [5.74, 6) is 0.897. The van der Waals surface area contributed by atoms with Crippen molar-refractivity contribution in [2.45, 2.75) is 20.3 Å². The lowest BCUT2D eigenvalue weighted by Gasteiger charge is -2.08. The minimum atomic E-state index is 0.128. The van der Waals surface area contributed by atoms with Crippen LogP contribution in [0.25, 0.3) is 0 Å². The normalized spacial score (nSPS) is 10.5. The Morgan fingerprint density at radius 1 is 1.32 bits per heavy atom. The van der Waals surface area contributed by atoms with Gasteiger partial charge in [-0.15, -0.1) is 11.3 Å². The summed E-state index contributed by atoms with van der Waals surface area (Å²) in [6.07, 6.45) is 0.372. The highest BCUT2D eigenvalue weighted by Crippen LogP contribution is 2.29. The number of hydrogen-bond donors (Lipinski definition) is 0. The first kappa shape index (κ1) is 14.3. The number of thiophene rings is 1. The second-order valence-corrected chi connectivity index (χ2v) is 6.85. The van der Waals surface area contributed by atoms with Crippen molar-refractivity contribution in [2.24, 2.45) is 0 Å². The van der Waals surface area contributed by atoms with E-state index in [4.69, 9.17) is 4.74 Å². The number of halogens is 1. The smallest absolute Gasteiger partial charge is 0.177 e. The number of ketones is 1. The van der Waals surface area contributed by atoms with Crippen molar-refractivity contribution in [1.82, 2.24) is 0 Å². The first-order chi connectivity index (χ1) is 9.01. The molecule has 0 amide bonds. The molecule has 100 valence electrons. The van der Waals surface area contributed by atoms with Crippen LogP contribution in [0, 0.1) is 13.8 Å². The first-order valence-electron chi connectivity index (χ1n) is 5.94. The van der Waals surface area contributed by atoms with Crippen LogP contribution < -0.4 is 4.74 Å². The van der Waals surface area contributed by atoms with Crippen molar-refractivity contribution >= 4 is 33.0 Å². The summed E-state index contributed by atoms with van der Waals surface area (Å²) in [6, 6.07) is 7.83. The lowest BCUT2D eigenvalue weighted by Crippen LogP contribution is -2.03. The van der Waals surface area contributed by atoms with Gasteiger partial charge in [-0.2, -0.15) is 0 Å². The van der Waals surface area contributed by atoms with Crippen molar-refractivity contribution in [2.75, 3.05) is 7.11 Å². The highest BCUT2D eigenvalue weighted by Gasteiger charge is 2.14. The molecule has 0 saturated heterocycles. The summed E-state index contributed by atoms with van der Waals surface area (Å²) in [5, 5.41) is 0. The van der Waals surface area contributed by atoms with Gasteiger partial charge in [-0.1, -0.05) is 17.7 Å². The second kappa shape index (κ2) is 5.88. The minimum absolute atomic E-state index is 0.128. The fourth-order valence-electron chi connectivity index (χ4n) is 1.90. The number of carbonyl (C=O) groups excluding carboxylic acids is 1. The number of ether oxygens (including phenoxy) is 1. The zero-order valence-electron chi connectivity index (χ0n) is 11.1. The number of aryl methyl sites for hydroxylation is 2. The summed E-state index contributed by atoms with van der Waals surface area (Å²) in [7, 11) is 1.63. The predicted molar refractivity (Wildman–Crippen MR) is 82.5 cm³/mol. The lowest BCUT2D eigenvalue weighted by atomic mass is 10.0. The van der Waals surface area contributed by atoms with E-state index in [-0.39, 0.29) is 5.78 Å². The molecule has 0 radical (unpaired) electrons. The standard InChI is InChI=1S/C15H15BrO2S/c1-9-4-5-13(18-3)11(6-9)8-12(17)14-7-10(2)15(16)19-14/h4-7H,8H2,1-3H3. The molecule has 0 N–H and O–H groups in total. The van der Waals surface area contributed by atoms with E-state index in [1.54, 1.807) is 7.11 Å². The van der Waals surface area contributed by atoms with Gasteiger partial charge in [0.2, 0.25) is 0 Å². The van der Waals surface area contributed by atoms with Crippen LogP contribution >= 0.6 is 27.3 Å². The van der Waals surface area contributed by atoms with Gasteiger partial charge in [-0.05, 0) is 47.5 Å². The molecular formula is C15H15BrO2S. The molecule has 0 atom stereocenters. The molecule has 2 nitrogen and oxygen atoms in total. The molecule has 0 aliphatic heterocycles. The highest BCUT2D eigenvalue weighted by molar-refractivity contribution is 9.11. The maximum Gasteiger partial charge on any atom is 0.177 e. The summed E-state index contributed by atoms with van der Waals surface area (Å²) in [5.41, 5.74) is 3.17. The fraction of sp³-hybridized carbons (Fsp3) is 0.267. The van der Waals surface area contributed by atoms with Crippen molar-refractivity contribution in [3.8, 4) is 5.75 Å². The van der Waals surface area contributed by atoms with E-state index in [9.17, 15) is 4.79 Å². The largest absolute Gasteiger partial charge is 0.496 e. The number of rotatable bonds is 4. The third kappa shape index (κ3) is 3.25. The fourth-order valence-corrected chi connectivity index (χ4v) is 3.38. The Morgan fingerprint density at radius 2 is 2.05 bits per heavy atom. The van der Waals surface area contributed by atoms with Crippen molar-refractivity contribution < 1.29 is 9.53 Å². The number of Topliss-reactive ketones (excluding diaryl/α,β-unsaturated/α-hetero) is 1. The molecule has 0 saturated carbocycles. The Labute approximate surface area is 125 Å². The minimum Gasteiger partial charge on any atom is -0.496 e. The quantitative estimate of drug-likeness (QED) is 0.763. The molecule has 2 rings (SSSR count). The van der Waals surface area contributed by atoms with E-state index in [0.717, 1.165) is 31.1 Å². The zero-order chi connectivity index (χ0) is 14.0. The Kier molecular flexibility index (Phi) is 4.42. The lowest BCUT2D eigenvalue weighted by molar-refractivity contribution is 0.0996. The van der Waals surface area contributed by atoms with Gasteiger partial charge in [0.15, 0.2) is 5.78 Å². The van der Waals surface area contributed by atoms with Gasteiger partial charge < -0.3 is 4.74 Å². The van der Waals surface area contributed by atoms with E-state index in [1.165, 1.54) is 11.3 Å². The number of methoxy groups -OCH3 is 1. The van der Waals surface area contributed by atoms with Gasteiger partial charge in [0.25, 0.3) is 0 Å². The van der Waals surface area contributed by atoms with E-state index in [0.29, 0.717) is 6.42 Å². The number of hydrogen-bond acceptors (Lipinski definition) is 3. The van der Waals surface area contributed by atoms with Crippen molar-refractivity contribution in [3.05, 3.63) is 49.6 Å². The summed E-state index contributed by atoms with van der Waals surface area (Å²) >= 11 is 4.94. The van der Waals surface area contributed by atoms with Gasteiger partial charge in [0.05, 0.1) is 15.8 Å². The molecule has 1 heterocycles. The van der Waals surface area contributed by atoms with Crippen LogP contribution in [0.15, 0.2) is 28.1 Å². The van der Waals surface area contributed by atoms with Gasteiger partial charge in [-0.3, -0.25) is 4.79 Å². The highest BCUT2D eigenvalue weighted by atomic mass is 79.9. The molecule has 0 aliphatic rings. The molecule has 0 unspecified atom stereocenters. The van der Waals surface area contributed by atoms with Gasteiger partial charge in [0, 0.05) is 12.0 Å². The molecular weight excluding hydrogens is 324 g/mol. The predicted octanol–water partition coefficient (Wildman–Crippen LogP) is 4.56. The Hall–Kier alpha value is -1.13. The second-order valence-electron chi connectivity index (χ2n) is 4.48. The van der Waals surface area contributed by atoms with Crippen LogP contribution in [0.3, 0.4) is 0 Å². The summed E-state index contributed by atoms with van der Waals surface area (Å²) in [4.78, 5) is 13.1. The van der Waals surface area contributed by atoms with E-state index in [2.05, 4.69) is 15.9 Å². The third-order valence-electron chi connectivity index (χ3n) is 2.92. The third-order valence-corrected chi connectivity index (χ3v) is 5.10. The molecule has 0 aliphatic carbocycles. The molecule has 1 aromatic carbocycles. The Balaban J connectivity index is 2.25. The summed E-state index contributed by atoms with van der Waals surface area (Å²) < 4.78 is 6.33. The van der Waals surface area contributed by atoms with Crippen LogP contribution in [0.4, 0.5) is 0 Å². The van der Waals surface area contributed by atoms with Crippen LogP contribution in [-0.2, 0) is 6.42 Å². The van der Waals surface area contributed by atoms with Gasteiger partial charge >= 0.3 is 0 Å². The van der Waals surface area contributed by atoms with Crippen LogP contribution in [-0.4, -0.2) is 12.9 Å². The number of benzene rings is 1. The molecule has 0 bridgehead atoms. The Morgan fingerprint density at radius 3 is 2.63 bits per heavy atom. The van der Waals surface area contributed by atoms with Crippen molar-refractivity contribution in [3.63, 3.8) is 0 Å². The molecule has 2 aromatic rings. The summed E-state index contributed by atoms with van der Waals surface area (Å²) in [6.45, 7) is 4.00. The van der Waals surface area contributed by atoms with Crippen LogP contribution in [0.5, 0.6) is 5.75 Å². The molecule has 0 fully saturated rings. The van der Waals surface area contributed by atoms with Gasteiger partial charge in [0.1, 0.15) is 5.75 Å². The van der Waals surface area contributed by atoms with Crippen LogP contribution in [0.2, 0.25) is 0 Å². The maximum atomic E-state index is 12.3. The Bertz CT molecular complexity index is 597. The van der Waals surface area contributed by atoms with Gasteiger partial charge in [-0.25, -0.2) is 0 Å². The molecule has 19 heavy (non-hydrogen) atoms. The monoisotopic (exact) mass is 338 g/mol. The topological polar surface area (TPSA) is 26.3 Å². The molecule has 4 heteroatoms. The zero-order valence-corrected chi connectivity index (χ0v) is 13.5. The SMILES string of the molecule is COc1ccc(C)cc1CC(=O)c1cc(C)c(Br)s1. The first-order valence-corrected chi connectivity index (χ1v) is 7.55.